The van der Waals surface area contributed by atoms with Crippen molar-refractivity contribution < 1.29 is 19.1 Å². The van der Waals surface area contributed by atoms with E-state index < -0.39 is 17.7 Å². The third-order valence-corrected chi connectivity index (χ3v) is 6.31. The predicted octanol–water partition coefficient (Wildman–Crippen LogP) is 5.16. The zero-order valence-electron chi connectivity index (χ0n) is 17.2. The Labute approximate surface area is 192 Å². The van der Waals surface area contributed by atoms with Crippen LogP contribution in [0.15, 0.2) is 87.6 Å². The number of hydrogen-bond donors (Lipinski definition) is 1. The number of ketones is 1. The van der Waals surface area contributed by atoms with Crippen molar-refractivity contribution in [2.45, 2.75) is 12.6 Å². The van der Waals surface area contributed by atoms with E-state index in [1.165, 1.54) is 11.2 Å². The lowest BCUT2D eigenvalue weighted by atomic mass is 9.95. The van der Waals surface area contributed by atoms with Crippen LogP contribution in [0.4, 0.5) is 0 Å². The quantitative estimate of drug-likeness (QED) is 0.243. The maximum atomic E-state index is 13.2. The first kappa shape index (κ1) is 20.3. The summed E-state index contributed by atoms with van der Waals surface area (Å²) in [4.78, 5) is 27.8. The van der Waals surface area contributed by atoms with Crippen LogP contribution < -0.4 is 0 Å². The van der Waals surface area contributed by atoms with Gasteiger partial charge in [-0.05, 0) is 30.3 Å². The maximum Gasteiger partial charge on any atom is 0.296 e. The lowest BCUT2D eigenvalue weighted by Crippen LogP contribution is -2.29. The number of benzene rings is 2. The summed E-state index contributed by atoms with van der Waals surface area (Å²) in [7, 11) is 1.92. The number of aromatic nitrogens is 1. The average molecular weight is 491 g/mol. The van der Waals surface area contributed by atoms with Crippen LogP contribution in [-0.2, 0) is 23.2 Å². The van der Waals surface area contributed by atoms with Gasteiger partial charge in [0.25, 0.3) is 11.7 Å². The predicted molar refractivity (Wildman–Crippen MR) is 124 cm³/mol. The lowest BCUT2D eigenvalue weighted by Gasteiger charge is -2.24. The van der Waals surface area contributed by atoms with E-state index in [9.17, 15) is 14.7 Å². The number of aliphatic hydroxyl groups is 1. The molecule has 160 valence electrons. The number of furan rings is 1. The summed E-state index contributed by atoms with van der Waals surface area (Å²) in [5.74, 6) is -1.02. The fraction of sp³-hybridized carbons (Fsp3) is 0.120. The van der Waals surface area contributed by atoms with Gasteiger partial charge in [-0.3, -0.25) is 9.59 Å². The number of amides is 1. The van der Waals surface area contributed by atoms with Gasteiger partial charge in [0.1, 0.15) is 11.5 Å². The van der Waals surface area contributed by atoms with E-state index >= 15 is 0 Å². The van der Waals surface area contributed by atoms with Crippen LogP contribution in [0.2, 0.25) is 0 Å². The average Bonchev–Trinajstić information content (AvgIpc) is 3.49. The minimum atomic E-state index is -0.755. The first-order valence-corrected chi connectivity index (χ1v) is 10.9. The lowest BCUT2D eigenvalue weighted by molar-refractivity contribution is -0.140. The summed E-state index contributed by atoms with van der Waals surface area (Å²) in [6.45, 7) is 0.114. The normalized spacial score (nSPS) is 18.1. The number of halogens is 1. The third-order valence-electron chi connectivity index (χ3n) is 5.79. The molecule has 0 spiro atoms. The van der Waals surface area contributed by atoms with Crippen molar-refractivity contribution in [3.63, 3.8) is 0 Å². The molecule has 0 bridgehead atoms. The minimum Gasteiger partial charge on any atom is -0.507 e. The van der Waals surface area contributed by atoms with Crippen LogP contribution in [0.5, 0.6) is 0 Å². The van der Waals surface area contributed by atoms with Gasteiger partial charge in [-0.1, -0.05) is 46.3 Å². The van der Waals surface area contributed by atoms with Gasteiger partial charge in [-0.15, -0.1) is 0 Å². The minimum absolute atomic E-state index is 0.0697. The number of Topliss-reactive ketones (excluding diaryl/α,β-unsaturated/α-hetero) is 1. The summed E-state index contributed by atoms with van der Waals surface area (Å²) in [5, 5.41) is 12.1. The molecule has 3 heterocycles. The first-order chi connectivity index (χ1) is 15.5. The van der Waals surface area contributed by atoms with Gasteiger partial charge in [0, 0.05) is 39.7 Å². The Morgan fingerprint density at radius 3 is 2.53 bits per heavy atom. The summed E-state index contributed by atoms with van der Waals surface area (Å²) in [5.41, 5.74) is 2.27. The molecule has 7 heteroatoms. The largest absolute Gasteiger partial charge is 0.507 e. The van der Waals surface area contributed by atoms with E-state index in [4.69, 9.17) is 4.42 Å². The van der Waals surface area contributed by atoms with Gasteiger partial charge in [-0.2, -0.15) is 0 Å². The van der Waals surface area contributed by atoms with E-state index in [0.29, 0.717) is 11.3 Å². The number of hydrogen-bond acceptors (Lipinski definition) is 4. The molecule has 1 fully saturated rings. The number of rotatable bonds is 4. The molecule has 4 aromatic rings. The molecule has 1 aliphatic rings. The zero-order chi connectivity index (χ0) is 22.4. The molecular formula is C25H19BrN2O4. The molecule has 2 aromatic heterocycles. The van der Waals surface area contributed by atoms with Crippen LogP contribution in [0.1, 0.15) is 22.9 Å². The zero-order valence-corrected chi connectivity index (χ0v) is 18.7. The topological polar surface area (TPSA) is 75.7 Å². The molecular weight excluding hydrogens is 472 g/mol. The van der Waals surface area contributed by atoms with Gasteiger partial charge in [0.15, 0.2) is 0 Å². The van der Waals surface area contributed by atoms with Crippen molar-refractivity contribution in [2.24, 2.45) is 7.05 Å². The number of fused-ring (bicyclic) bond motifs is 1. The number of aliphatic hydroxyl groups excluding tert-OH is 1. The summed E-state index contributed by atoms with van der Waals surface area (Å²) in [6, 6.07) is 17.5. The smallest absolute Gasteiger partial charge is 0.296 e. The molecule has 0 radical (unpaired) electrons. The van der Waals surface area contributed by atoms with Gasteiger partial charge in [0.2, 0.25) is 0 Å². The van der Waals surface area contributed by atoms with E-state index in [1.54, 1.807) is 36.4 Å². The van der Waals surface area contributed by atoms with Crippen LogP contribution in [-0.4, -0.2) is 26.3 Å². The Morgan fingerprint density at radius 2 is 1.81 bits per heavy atom. The van der Waals surface area contributed by atoms with Gasteiger partial charge in [-0.25, -0.2) is 0 Å². The second-order valence-corrected chi connectivity index (χ2v) is 8.64. The molecule has 1 unspecified atom stereocenters. The van der Waals surface area contributed by atoms with Crippen LogP contribution in [0.3, 0.4) is 0 Å². The fourth-order valence-corrected chi connectivity index (χ4v) is 4.56. The van der Waals surface area contributed by atoms with Crippen molar-refractivity contribution in [1.82, 2.24) is 9.47 Å². The highest BCUT2D eigenvalue weighted by Crippen LogP contribution is 2.43. The van der Waals surface area contributed by atoms with Crippen molar-refractivity contribution in [3.8, 4) is 0 Å². The standard InChI is InChI=1S/C25H19BrN2O4/c1-27-14-19(18-6-2-3-7-20(18)27)22-21(23(29)15-8-10-16(26)11-9-15)24(30)25(31)28(22)13-17-5-4-12-32-17/h2-12,14,22,29H,13H2,1H3/b23-21+. The van der Waals surface area contributed by atoms with E-state index in [-0.39, 0.29) is 17.9 Å². The molecule has 0 aliphatic carbocycles. The second-order valence-electron chi connectivity index (χ2n) is 7.73. The number of para-hydroxylation sites is 1. The Kier molecular flexibility index (Phi) is 4.98. The van der Waals surface area contributed by atoms with Gasteiger partial charge >= 0.3 is 0 Å². The van der Waals surface area contributed by atoms with Crippen LogP contribution >= 0.6 is 15.9 Å². The highest BCUT2D eigenvalue weighted by molar-refractivity contribution is 9.10. The molecule has 1 N–H and O–H groups in total. The van der Waals surface area contributed by atoms with Crippen molar-refractivity contribution in [1.29, 1.82) is 0 Å². The molecule has 32 heavy (non-hydrogen) atoms. The van der Waals surface area contributed by atoms with Crippen molar-refractivity contribution in [2.75, 3.05) is 0 Å². The highest BCUT2D eigenvalue weighted by atomic mass is 79.9. The van der Waals surface area contributed by atoms with Crippen LogP contribution in [0.25, 0.3) is 16.7 Å². The number of likely N-dealkylation sites (tertiary alicyclic amines) is 1. The summed E-state index contributed by atoms with van der Waals surface area (Å²) >= 11 is 3.38. The number of aryl methyl sites for hydroxylation is 1. The summed E-state index contributed by atoms with van der Waals surface area (Å²) in [6.07, 6.45) is 3.44. The highest BCUT2D eigenvalue weighted by Gasteiger charge is 2.47. The molecule has 1 aliphatic heterocycles. The molecule has 1 atom stereocenters. The van der Waals surface area contributed by atoms with E-state index in [1.807, 2.05) is 42.1 Å². The third kappa shape index (κ3) is 3.26. The number of nitrogens with zero attached hydrogens (tertiary/aromatic N) is 2. The monoisotopic (exact) mass is 490 g/mol. The van der Waals surface area contributed by atoms with E-state index in [0.717, 1.165) is 20.9 Å². The Morgan fingerprint density at radius 1 is 1.06 bits per heavy atom. The Bertz CT molecular complexity index is 1370. The van der Waals surface area contributed by atoms with Gasteiger partial charge in [0.05, 0.1) is 24.4 Å². The maximum absolute atomic E-state index is 13.2. The first-order valence-electron chi connectivity index (χ1n) is 10.1. The Hall–Kier alpha value is -3.58. The van der Waals surface area contributed by atoms with Crippen molar-refractivity contribution >= 4 is 44.3 Å². The molecule has 1 saturated heterocycles. The van der Waals surface area contributed by atoms with Gasteiger partial charge < -0.3 is 19.0 Å². The summed E-state index contributed by atoms with van der Waals surface area (Å²) < 4.78 is 8.26. The van der Waals surface area contributed by atoms with Crippen LogP contribution in [0, 0.1) is 0 Å². The number of carbonyl (C=O) groups excluding carboxylic acids is 2. The second kappa shape index (κ2) is 7.84. The molecule has 2 aromatic carbocycles. The molecule has 5 rings (SSSR count). The van der Waals surface area contributed by atoms with E-state index in [2.05, 4.69) is 15.9 Å². The molecule has 1 amide bonds. The SMILES string of the molecule is Cn1cc(C2/C(=C(\O)c3ccc(Br)cc3)C(=O)C(=O)N2Cc2ccco2)c2ccccc21. The molecule has 6 nitrogen and oxygen atoms in total. The number of carbonyl (C=O) groups is 2. The van der Waals surface area contributed by atoms with Crippen molar-refractivity contribution in [3.05, 3.63) is 100 Å². The molecule has 0 saturated carbocycles. The fourth-order valence-electron chi connectivity index (χ4n) is 4.29. The Balaban J connectivity index is 1.74.